The first-order valence-electron chi connectivity index (χ1n) is 5.22. The van der Waals surface area contributed by atoms with Crippen LogP contribution in [0, 0.1) is 16.2 Å². The van der Waals surface area contributed by atoms with E-state index in [1.165, 1.54) is 30.3 Å². The summed E-state index contributed by atoms with van der Waals surface area (Å²) >= 11 is 0. The molecule has 0 amide bonds. The van der Waals surface area contributed by atoms with Crippen molar-refractivity contribution >= 4 is 5.69 Å². The Hall–Kier alpha value is -2.37. The topological polar surface area (TPSA) is 43.1 Å². The summed E-state index contributed by atoms with van der Waals surface area (Å²) in [5, 5.41) is 10.9. The van der Waals surface area contributed by atoms with E-state index >= 15 is 0 Å². The second-order valence-corrected chi connectivity index (χ2v) is 3.76. The molecule has 0 heterocycles. The van der Waals surface area contributed by atoms with Gasteiger partial charge in [0.2, 0.25) is 0 Å². The van der Waals surface area contributed by atoms with Crippen LogP contribution in [-0.4, -0.2) is 4.92 Å². The van der Waals surface area contributed by atoms with Gasteiger partial charge in [-0.15, -0.1) is 0 Å². The van der Waals surface area contributed by atoms with E-state index < -0.39 is 16.7 Å². The molecule has 3 nitrogen and oxygen atoms in total. The van der Waals surface area contributed by atoms with Crippen molar-refractivity contribution in [3.63, 3.8) is 0 Å². The van der Waals surface area contributed by atoms with Gasteiger partial charge < -0.3 is 0 Å². The minimum absolute atomic E-state index is 0.137. The quantitative estimate of drug-likeness (QED) is 0.607. The Morgan fingerprint density at radius 2 is 1.84 bits per heavy atom. The van der Waals surface area contributed by atoms with E-state index in [9.17, 15) is 23.3 Å². The first-order chi connectivity index (χ1) is 8.89. The molecule has 0 unspecified atom stereocenters. The van der Waals surface area contributed by atoms with Crippen molar-refractivity contribution in [3.05, 3.63) is 64.2 Å². The van der Waals surface area contributed by atoms with Crippen molar-refractivity contribution in [1.29, 1.82) is 0 Å². The van der Waals surface area contributed by atoms with Crippen molar-refractivity contribution in [2.24, 2.45) is 0 Å². The van der Waals surface area contributed by atoms with Crippen LogP contribution in [0.25, 0.3) is 11.1 Å². The maximum atomic E-state index is 12.6. The van der Waals surface area contributed by atoms with Crippen LogP contribution in [0.15, 0.2) is 42.5 Å². The number of alkyl halides is 3. The maximum absolute atomic E-state index is 12.6. The van der Waals surface area contributed by atoms with Crippen LogP contribution in [-0.2, 0) is 6.18 Å². The summed E-state index contributed by atoms with van der Waals surface area (Å²) in [6, 6.07) is 11.0. The fraction of sp³-hybridized carbons (Fsp3) is 0.0769. The van der Waals surface area contributed by atoms with Gasteiger partial charge in [0.1, 0.15) is 0 Å². The molecule has 0 saturated heterocycles. The highest BCUT2D eigenvalue weighted by molar-refractivity contribution is 5.73. The van der Waals surface area contributed by atoms with Gasteiger partial charge in [-0.05, 0) is 23.8 Å². The number of halogens is 3. The van der Waals surface area contributed by atoms with Crippen LogP contribution < -0.4 is 0 Å². The van der Waals surface area contributed by atoms with Crippen molar-refractivity contribution < 1.29 is 18.1 Å². The zero-order valence-electron chi connectivity index (χ0n) is 9.44. The molecular formula is C13H7F3NO2. The molecule has 2 aromatic carbocycles. The largest absolute Gasteiger partial charge is 0.417 e. The van der Waals surface area contributed by atoms with Crippen LogP contribution >= 0.6 is 0 Å². The van der Waals surface area contributed by atoms with E-state index in [2.05, 4.69) is 6.07 Å². The number of nitro groups is 1. The van der Waals surface area contributed by atoms with Crippen molar-refractivity contribution in [2.75, 3.05) is 0 Å². The van der Waals surface area contributed by atoms with Crippen molar-refractivity contribution in [2.45, 2.75) is 6.18 Å². The summed E-state index contributed by atoms with van der Waals surface area (Å²) in [7, 11) is 0. The molecule has 0 aliphatic carbocycles. The number of hydrogen-bond acceptors (Lipinski definition) is 2. The highest BCUT2D eigenvalue weighted by atomic mass is 19.4. The molecule has 2 rings (SSSR count). The average Bonchev–Trinajstić information content (AvgIpc) is 2.38. The molecule has 0 fully saturated rings. The fourth-order valence-corrected chi connectivity index (χ4v) is 1.67. The monoisotopic (exact) mass is 266 g/mol. The Bertz CT molecular complexity index is 623. The number of nitro benzene ring substituents is 1. The predicted molar refractivity (Wildman–Crippen MR) is 62.4 cm³/mol. The summed E-state index contributed by atoms with van der Waals surface area (Å²) in [6.07, 6.45) is -4.53. The highest BCUT2D eigenvalue weighted by Crippen LogP contribution is 2.34. The SMILES string of the molecule is O=[N+]([O-])c1ccccc1-c1cc[c]c(C(F)(F)F)c1. The number of hydrogen-bond donors (Lipinski definition) is 0. The highest BCUT2D eigenvalue weighted by Gasteiger charge is 2.31. The Morgan fingerprint density at radius 1 is 1.16 bits per heavy atom. The predicted octanol–water partition coefficient (Wildman–Crippen LogP) is 4.08. The van der Waals surface area contributed by atoms with E-state index in [1.54, 1.807) is 0 Å². The smallest absolute Gasteiger partial charge is 0.258 e. The lowest BCUT2D eigenvalue weighted by molar-refractivity contribution is -0.384. The van der Waals surface area contributed by atoms with E-state index in [0.29, 0.717) is 0 Å². The third kappa shape index (κ3) is 2.73. The normalized spacial score (nSPS) is 11.3. The van der Waals surface area contributed by atoms with Gasteiger partial charge in [-0.3, -0.25) is 10.1 Å². The minimum Gasteiger partial charge on any atom is -0.258 e. The molecule has 19 heavy (non-hydrogen) atoms. The second kappa shape index (κ2) is 4.72. The van der Waals surface area contributed by atoms with Gasteiger partial charge in [0.05, 0.1) is 16.1 Å². The summed E-state index contributed by atoms with van der Waals surface area (Å²) in [5.41, 5.74) is -0.907. The van der Waals surface area contributed by atoms with Crippen LogP contribution in [0.1, 0.15) is 5.56 Å². The number of benzene rings is 2. The van der Waals surface area contributed by atoms with Gasteiger partial charge in [-0.1, -0.05) is 24.3 Å². The van der Waals surface area contributed by atoms with E-state index in [-0.39, 0.29) is 16.8 Å². The molecule has 0 aromatic heterocycles. The van der Waals surface area contributed by atoms with Gasteiger partial charge >= 0.3 is 6.18 Å². The molecule has 6 heteroatoms. The molecule has 0 aliphatic heterocycles. The van der Waals surface area contributed by atoms with Gasteiger partial charge in [0, 0.05) is 6.07 Å². The summed E-state index contributed by atoms with van der Waals surface area (Å²) in [6.45, 7) is 0. The third-order valence-corrected chi connectivity index (χ3v) is 2.52. The standard InChI is InChI=1S/C13H7F3NO2/c14-13(15,16)10-5-3-4-9(8-10)11-6-1-2-7-12(11)17(18)19/h1-4,6-8H. The number of para-hydroxylation sites is 1. The lowest BCUT2D eigenvalue weighted by atomic mass is 10.0. The number of rotatable bonds is 2. The fourth-order valence-electron chi connectivity index (χ4n) is 1.67. The second-order valence-electron chi connectivity index (χ2n) is 3.76. The molecular weight excluding hydrogens is 259 g/mol. The first kappa shape index (κ1) is 13.1. The molecule has 0 bridgehead atoms. The molecule has 2 aromatic rings. The molecule has 0 N–H and O–H groups in total. The van der Waals surface area contributed by atoms with Crippen LogP contribution in [0.2, 0.25) is 0 Å². The zero-order valence-corrected chi connectivity index (χ0v) is 9.44. The average molecular weight is 266 g/mol. The minimum atomic E-state index is -4.53. The first-order valence-corrected chi connectivity index (χ1v) is 5.22. The van der Waals surface area contributed by atoms with Gasteiger partial charge in [-0.2, -0.15) is 13.2 Å². The maximum Gasteiger partial charge on any atom is 0.417 e. The summed E-state index contributed by atoms with van der Waals surface area (Å²) < 4.78 is 37.7. The van der Waals surface area contributed by atoms with E-state index in [4.69, 9.17) is 0 Å². The van der Waals surface area contributed by atoms with Crippen LogP contribution in [0.3, 0.4) is 0 Å². The Kier molecular flexibility index (Phi) is 3.25. The molecule has 97 valence electrons. The number of nitrogens with zero attached hydrogens (tertiary/aromatic N) is 1. The Morgan fingerprint density at radius 3 is 2.47 bits per heavy atom. The van der Waals surface area contributed by atoms with Crippen molar-refractivity contribution in [1.82, 2.24) is 0 Å². The van der Waals surface area contributed by atoms with Gasteiger partial charge in [0.15, 0.2) is 0 Å². The van der Waals surface area contributed by atoms with Gasteiger partial charge in [0.25, 0.3) is 5.69 Å². The summed E-state index contributed by atoms with van der Waals surface area (Å²) in [5.74, 6) is 0. The summed E-state index contributed by atoms with van der Waals surface area (Å²) in [4.78, 5) is 10.2. The molecule has 0 spiro atoms. The lowest BCUT2D eigenvalue weighted by Gasteiger charge is -2.08. The zero-order chi connectivity index (χ0) is 14.0. The van der Waals surface area contributed by atoms with Crippen LogP contribution in [0.5, 0.6) is 0 Å². The Labute approximate surface area is 106 Å². The van der Waals surface area contributed by atoms with Gasteiger partial charge in [-0.25, -0.2) is 0 Å². The molecule has 0 atom stereocenters. The lowest BCUT2D eigenvalue weighted by Crippen LogP contribution is -2.05. The Balaban J connectivity index is 2.57. The molecule has 1 radical (unpaired) electrons. The van der Waals surface area contributed by atoms with Crippen LogP contribution in [0.4, 0.5) is 18.9 Å². The van der Waals surface area contributed by atoms with Crippen molar-refractivity contribution in [3.8, 4) is 11.1 Å². The van der Waals surface area contributed by atoms with E-state index in [0.717, 1.165) is 12.1 Å². The third-order valence-electron chi connectivity index (χ3n) is 2.52. The molecule has 0 saturated carbocycles. The molecule has 0 aliphatic rings. The van der Waals surface area contributed by atoms with E-state index in [1.807, 2.05) is 0 Å².